The largest absolute Gasteiger partial charge is 0.322 e. The lowest BCUT2D eigenvalue weighted by Gasteiger charge is -2.38. The smallest absolute Gasteiger partial charge is 0.252 e. The van der Waals surface area contributed by atoms with Crippen LogP contribution in [0.4, 0.5) is 0 Å². The fourth-order valence-electron chi connectivity index (χ4n) is 5.65. The van der Waals surface area contributed by atoms with Crippen molar-refractivity contribution in [3.63, 3.8) is 0 Å². The Labute approximate surface area is 212 Å². The molecule has 7 nitrogen and oxygen atoms in total. The summed E-state index contributed by atoms with van der Waals surface area (Å²) in [6, 6.07) is 19.1. The molecule has 1 N–H and O–H groups in total. The molecule has 1 aliphatic carbocycles. The Balaban J connectivity index is 1.53. The monoisotopic (exact) mass is 484 g/mol. The summed E-state index contributed by atoms with van der Waals surface area (Å²) in [5.74, 6) is 1.14. The maximum Gasteiger partial charge on any atom is 0.252 e. The van der Waals surface area contributed by atoms with Crippen LogP contribution in [-0.4, -0.2) is 36.1 Å². The number of aryl methyl sites for hydroxylation is 1. The molecule has 0 bridgehead atoms. The predicted octanol–water partition coefficient (Wildman–Crippen LogP) is 5.27. The van der Waals surface area contributed by atoms with E-state index in [0.717, 1.165) is 41.6 Å². The highest BCUT2D eigenvalue weighted by Gasteiger charge is 2.35. The van der Waals surface area contributed by atoms with E-state index in [1.807, 2.05) is 28.9 Å². The SMILES string of the molecule is CCc1ccc2[nH]c(=O)c(CN(C3CCCC3)C(c3nnnn3Cc3ccccc3)C(C)C)cc2c1. The molecular formula is C29H36N6O. The van der Waals surface area contributed by atoms with Gasteiger partial charge >= 0.3 is 0 Å². The Hall–Kier alpha value is -3.32. The number of hydrogen-bond acceptors (Lipinski definition) is 5. The Morgan fingerprint density at radius 1 is 1.06 bits per heavy atom. The van der Waals surface area contributed by atoms with Gasteiger partial charge in [0.25, 0.3) is 5.56 Å². The number of fused-ring (bicyclic) bond motifs is 1. The van der Waals surface area contributed by atoms with Crippen LogP contribution in [0.1, 0.15) is 75.0 Å². The lowest BCUT2D eigenvalue weighted by atomic mass is 9.97. The van der Waals surface area contributed by atoms with Gasteiger partial charge in [0.15, 0.2) is 5.82 Å². The molecule has 1 fully saturated rings. The first kappa shape index (κ1) is 24.4. The van der Waals surface area contributed by atoms with Crippen LogP contribution in [-0.2, 0) is 19.5 Å². The zero-order valence-corrected chi connectivity index (χ0v) is 21.5. The highest BCUT2D eigenvalue weighted by molar-refractivity contribution is 5.79. The van der Waals surface area contributed by atoms with Gasteiger partial charge in [-0.05, 0) is 70.3 Å². The van der Waals surface area contributed by atoms with Crippen molar-refractivity contribution in [3.8, 4) is 0 Å². The first-order valence-corrected chi connectivity index (χ1v) is 13.2. The number of H-pyrrole nitrogens is 1. The maximum atomic E-state index is 13.2. The Kier molecular flexibility index (Phi) is 7.28. The average molecular weight is 485 g/mol. The molecule has 2 heterocycles. The van der Waals surface area contributed by atoms with Crippen LogP contribution in [0.5, 0.6) is 0 Å². The Morgan fingerprint density at radius 2 is 1.83 bits per heavy atom. The zero-order chi connectivity index (χ0) is 25.1. The van der Waals surface area contributed by atoms with E-state index in [0.29, 0.717) is 19.1 Å². The molecule has 5 rings (SSSR count). The Morgan fingerprint density at radius 3 is 2.56 bits per heavy atom. The molecular weight excluding hydrogens is 448 g/mol. The van der Waals surface area contributed by atoms with Gasteiger partial charge in [-0.15, -0.1) is 5.10 Å². The van der Waals surface area contributed by atoms with Gasteiger partial charge in [-0.2, -0.15) is 0 Å². The van der Waals surface area contributed by atoms with Crippen molar-refractivity contribution in [1.82, 2.24) is 30.1 Å². The molecule has 0 amide bonds. The van der Waals surface area contributed by atoms with Crippen molar-refractivity contribution in [3.05, 3.63) is 87.5 Å². The van der Waals surface area contributed by atoms with E-state index in [-0.39, 0.29) is 17.5 Å². The van der Waals surface area contributed by atoms with Crippen LogP contribution in [0, 0.1) is 5.92 Å². The fourth-order valence-corrected chi connectivity index (χ4v) is 5.65. The third kappa shape index (κ3) is 5.12. The molecule has 188 valence electrons. The summed E-state index contributed by atoms with van der Waals surface area (Å²) in [6.07, 6.45) is 5.67. The molecule has 4 aromatic rings. The second kappa shape index (κ2) is 10.7. The van der Waals surface area contributed by atoms with Crippen LogP contribution in [0.2, 0.25) is 0 Å². The molecule has 2 aromatic carbocycles. The van der Waals surface area contributed by atoms with E-state index in [2.05, 4.69) is 76.5 Å². The number of nitrogens with one attached hydrogen (secondary N) is 1. The van der Waals surface area contributed by atoms with E-state index in [1.165, 1.54) is 24.0 Å². The predicted molar refractivity (Wildman–Crippen MR) is 143 cm³/mol. The fraction of sp³-hybridized carbons (Fsp3) is 0.448. The van der Waals surface area contributed by atoms with Crippen molar-refractivity contribution in [2.24, 2.45) is 5.92 Å². The molecule has 1 atom stereocenters. The van der Waals surface area contributed by atoms with Crippen molar-refractivity contribution in [1.29, 1.82) is 0 Å². The van der Waals surface area contributed by atoms with E-state index < -0.39 is 0 Å². The van der Waals surface area contributed by atoms with Crippen molar-refractivity contribution >= 4 is 10.9 Å². The van der Waals surface area contributed by atoms with E-state index in [9.17, 15) is 4.79 Å². The first-order chi connectivity index (χ1) is 17.5. The van der Waals surface area contributed by atoms with Crippen LogP contribution in [0.25, 0.3) is 10.9 Å². The molecule has 7 heteroatoms. The number of aromatic amines is 1. The third-order valence-electron chi connectivity index (χ3n) is 7.53. The normalized spacial score (nSPS) is 15.4. The van der Waals surface area contributed by atoms with Crippen molar-refractivity contribution in [2.45, 2.75) is 78.0 Å². The number of hydrogen-bond donors (Lipinski definition) is 1. The van der Waals surface area contributed by atoms with E-state index in [4.69, 9.17) is 0 Å². The number of aromatic nitrogens is 5. The summed E-state index contributed by atoms with van der Waals surface area (Å²) in [7, 11) is 0. The van der Waals surface area contributed by atoms with E-state index in [1.54, 1.807) is 0 Å². The quantitative estimate of drug-likeness (QED) is 0.350. The average Bonchev–Trinajstić information content (AvgIpc) is 3.57. The number of benzene rings is 2. The lowest BCUT2D eigenvalue weighted by Crippen LogP contribution is -2.41. The number of pyridine rings is 1. The molecule has 0 radical (unpaired) electrons. The van der Waals surface area contributed by atoms with Crippen LogP contribution in [0.3, 0.4) is 0 Å². The van der Waals surface area contributed by atoms with Gasteiger partial charge in [0, 0.05) is 23.7 Å². The number of tetrazole rings is 1. The molecule has 1 aliphatic rings. The first-order valence-electron chi connectivity index (χ1n) is 13.2. The molecule has 1 unspecified atom stereocenters. The summed E-state index contributed by atoms with van der Waals surface area (Å²) in [5, 5.41) is 14.1. The molecule has 1 saturated carbocycles. The standard InChI is InChI=1S/C29H36N6O/c1-4-21-14-15-26-23(16-21)17-24(29(36)30-26)19-34(25-12-8-9-13-25)27(20(2)3)28-31-32-33-35(28)18-22-10-6-5-7-11-22/h5-7,10-11,14-17,20,25,27H,4,8-9,12-13,18-19H2,1-3H3,(H,30,36). The summed E-state index contributed by atoms with van der Waals surface area (Å²) < 4.78 is 1.93. The molecule has 2 aromatic heterocycles. The van der Waals surface area contributed by atoms with Gasteiger partial charge in [-0.3, -0.25) is 9.69 Å². The Bertz CT molecular complexity index is 1350. The number of rotatable bonds is 9. The van der Waals surface area contributed by atoms with Crippen LogP contribution in [0.15, 0.2) is 59.4 Å². The topological polar surface area (TPSA) is 79.7 Å². The van der Waals surface area contributed by atoms with E-state index >= 15 is 0 Å². The number of nitrogens with zero attached hydrogens (tertiary/aromatic N) is 5. The summed E-state index contributed by atoms with van der Waals surface area (Å²) >= 11 is 0. The van der Waals surface area contributed by atoms with Crippen LogP contribution >= 0.6 is 0 Å². The minimum atomic E-state index is -0.0128. The summed E-state index contributed by atoms with van der Waals surface area (Å²) in [4.78, 5) is 18.8. The lowest BCUT2D eigenvalue weighted by molar-refractivity contribution is 0.0844. The van der Waals surface area contributed by atoms with Crippen molar-refractivity contribution < 1.29 is 0 Å². The van der Waals surface area contributed by atoms with Crippen LogP contribution < -0.4 is 5.56 Å². The van der Waals surface area contributed by atoms with Gasteiger partial charge in [0.2, 0.25) is 0 Å². The van der Waals surface area contributed by atoms with Crippen molar-refractivity contribution in [2.75, 3.05) is 0 Å². The summed E-state index contributed by atoms with van der Waals surface area (Å²) in [6.45, 7) is 7.82. The molecule has 36 heavy (non-hydrogen) atoms. The highest BCUT2D eigenvalue weighted by atomic mass is 16.1. The maximum absolute atomic E-state index is 13.2. The van der Waals surface area contributed by atoms with Gasteiger partial charge < -0.3 is 4.98 Å². The second-order valence-corrected chi connectivity index (χ2v) is 10.4. The van der Waals surface area contributed by atoms with Gasteiger partial charge in [-0.1, -0.05) is 70.0 Å². The molecule has 0 saturated heterocycles. The molecule has 0 spiro atoms. The third-order valence-corrected chi connectivity index (χ3v) is 7.53. The van der Waals surface area contributed by atoms with Gasteiger partial charge in [-0.25, -0.2) is 4.68 Å². The highest BCUT2D eigenvalue weighted by Crippen LogP contribution is 2.36. The molecule has 0 aliphatic heterocycles. The second-order valence-electron chi connectivity index (χ2n) is 10.4. The zero-order valence-electron chi connectivity index (χ0n) is 21.5. The minimum absolute atomic E-state index is 0.00360. The minimum Gasteiger partial charge on any atom is -0.322 e. The van der Waals surface area contributed by atoms with Gasteiger partial charge in [0.1, 0.15) is 0 Å². The summed E-state index contributed by atoms with van der Waals surface area (Å²) in [5.41, 5.74) is 4.11. The van der Waals surface area contributed by atoms with Gasteiger partial charge in [0.05, 0.1) is 12.6 Å².